The number of ether oxygens (including phenoxy) is 1. The van der Waals surface area contributed by atoms with Gasteiger partial charge < -0.3 is 15.2 Å². The van der Waals surface area contributed by atoms with E-state index in [2.05, 4.69) is 21.9 Å². The number of aromatic hydroxyl groups is 1. The molecule has 0 saturated heterocycles. The molecule has 4 rings (SSSR count). The third kappa shape index (κ3) is 4.10. The quantitative estimate of drug-likeness (QED) is 0.408. The zero-order valence-electron chi connectivity index (χ0n) is 16.7. The highest BCUT2D eigenvalue weighted by Crippen LogP contribution is 2.37. The van der Waals surface area contributed by atoms with Crippen LogP contribution in [0.4, 0.5) is 5.82 Å². The van der Waals surface area contributed by atoms with Gasteiger partial charge in [0.2, 0.25) is 0 Å². The van der Waals surface area contributed by atoms with Gasteiger partial charge in [0.05, 0.1) is 6.04 Å². The van der Waals surface area contributed by atoms with Crippen molar-refractivity contribution in [3.05, 3.63) is 102 Å². The Balaban J connectivity index is 1.82. The van der Waals surface area contributed by atoms with Crippen LogP contribution in [0.3, 0.4) is 0 Å². The van der Waals surface area contributed by atoms with Crippen LogP contribution < -0.4 is 10.1 Å². The lowest BCUT2D eigenvalue weighted by molar-refractivity contribution is 0.362. The van der Waals surface area contributed by atoms with Crippen LogP contribution in [0, 0.1) is 6.92 Å². The molecule has 0 unspecified atom stereocenters. The lowest BCUT2D eigenvalue weighted by Crippen LogP contribution is -2.14. The number of hydrogen-bond acceptors (Lipinski definition) is 5. The number of nitrogens with one attached hydrogen (secondary N) is 1. The van der Waals surface area contributed by atoms with Crippen LogP contribution in [0.5, 0.6) is 11.5 Å². The van der Waals surface area contributed by atoms with Gasteiger partial charge in [-0.1, -0.05) is 43.0 Å². The highest BCUT2D eigenvalue weighted by atomic mass is 16.5. The summed E-state index contributed by atoms with van der Waals surface area (Å²) in [5.41, 5.74) is 3.31. The minimum absolute atomic E-state index is 0.149. The fourth-order valence-corrected chi connectivity index (χ4v) is 3.42. The number of hydrogen-bond donors (Lipinski definition) is 2. The maximum absolute atomic E-state index is 11.1. The van der Waals surface area contributed by atoms with E-state index in [1.807, 2.05) is 67.6 Å². The molecule has 0 amide bonds. The molecule has 0 aliphatic rings. The third-order valence-electron chi connectivity index (χ3n) is 4.86. The predicted octanol–water partition coefficient (Wildman–Crippen LogP) is 5.41. The van der Waals surface area contributed by atoms with E-state index in [-0.39, 0.29) is 11.8 Å². The summed E-state index contributed by atoms with van der Waals surface area (Å²) in [5, 5.41) is 15.4. The third-order valence-corrected chi connectivity index (χ3v) is 4.86. The molecule has 0 saturated carbocycles. The second-order valence-electron chi connectivity index (χ2n) is 7.05. The molecular formula is C25H23N3O2. The molecule has 0 bridgehead atoms. The SMILES string of the molecule is C=CCOc1cccc([C@@H](Nc2cc(C)ccn2)c2ccc3cccnc3c2O)c1. The van der Waals surface area contributed by atoms with Crippen molar-refractivity contribution in [2.75, 3.05) is 11.9 Å². The first-order valence-corrected chi connectivity index (χ1v) is 9.75. The molecule has 0 fully saturated rings. The summed E-state index contributed by atoms with van der Waals surface area (Å²) in [4.78, 5) is 8.81. The van der Waals surface area contributed by atoms with Crippen LogP contribution in [0.25, 0.3) is 10.9 Å². The maximum Gasteiger partial charge on any atom is 0.147 e. The van der Waals surface area contributed by atoms with Crippen LogP contribution in [-0.4, -0.2) is 21.7 Å². The molecule has 0 spiro atoms. The highest BCUT2D eigenvalue weighted by Gasteiger charge is 2.21. The van der Waals surface area contributed by atoms with Gasteiger partial charge in [-0.15, -0.1) is 0 Å². The second kappa shape index (κ2) is 8.66. The number of anilines is 1. The zero-order valence-corrected chi connectivity index (χ0v) is 16.7. The Labute approximate surface area is 175 Å². The fraction of sp³-hybridized carbons (Fsp3) is 0.120. The van der Waals surface area contributed by atoms with Gasteiger partial charge in [0.1, 0.15) is 29.4 Å². The van der Waals surface area contributed by atoms with Crippen LogP contribution in [0.15, 0.2) is 85.7 Å². The van der Waals surface area contributed by atoms with Gasteiger partial charge in [-0.05, 0) is 48.4 Å². The number of aromatic nitrogens is 2. The van der Waals surface area contributed by atoms with Crippen molar-refractivity contribution < 1.29 is 9.84 Å². The first-order valence-electron chi connectivity index (χ1n) is 9.75. The molecule has 0 aliphatic carbocycles. The topological polar surface area (TPSA) is 67.3 Å². The van der Waals surface area contributed by atoms with Gasteiger partial charge in [0, 0.05) is 23.3 Å². The summed E-state index contributed by atoms with van der Waals surface area (Å²) >= 11 is 0. The highest BCUT2D eigenvalue weighted by molar-refractivity contribution is 5.86. The molecule has 0 aliphatic heterocycles. The van der Waals surface area contributed by atoms with Gasteiger partial charge >= 0.3 is 0 Å². The molecule has 2 aromatic carbocycles. The van der Waals surface area contributed by atoms with Crippen molar-refractivity contribution in [2.24, 2.45) is 0 Å². The largest absolute Gasteiger partial charge is 0.505 e. The van der Waals surface area contributed by atoms with Crippen LogP contribution in [0.1, 0.15) is 22.7 Å². The molecule has 30 heavy (non-hydrogen) atoms. The number of phenols is 1. The predicted molar refractivity (Wildman–Crippen MR) is 120 cm³/mol. The molecule has 2 heterocycles. The number of fused-ring (bicyclic) bond motifs is 1. The summed E-state index contributed by atoms with van der Waals surface area (Å²) in [6, 6.07) is 19.0. The van der Waals surface area contributed by atoms with Gasteiger partial charge in [-0.2, -0.15) is 0 Å². The molecule has 1 atom stereocenters. The number of nitrogens with zero attached hydrogens (tertiary/aromatic N) is 2. The summed E-state index contributed by atoms with van der Waals surface area (Å²) in [6.07, 6.45) is 5.15. The van der Waals surface area contributed by atoms with Crippen LogP contribution in [0.2, 0.25) is 0 Å². The number of phenolic OH excluding ortho intramolecular Hbond substituents is 1. The zero-order chi connectivity index (χ0) is 20.9. The Kier molecular flexibility index (Phi) is 5.61. The van der Waals surface area contributed by atoms with E-state index in [4.69, 9.17) is 4.74 Å². The van der Waals surface area contributed by atoms with Crippen LogP contribution >= 0.6 is 0 Å². The maximum atomic E-state index is 11.1. The van der Waals surface area contributed by atoms with E-state index in [1.54, 1.807) is 18.5 Å². The van der Waals surface area contributed by atoms with Gasteiger partial charge in [-0.3, -0.25) is 4.98 Å². The van der Waals surface area contributed by atoms with E-state index in [0.29, 0.717) is 17.7 Å². The Bertz CT molecular complexity index is 1190. The second-order valence-corrected chi connectivity index (χ2v) is 7.05. The Morgan fingerprint density at radius 2 is 1.97 bits per heavy atom. The summed E-state index contributed by atoms with van der Waals surface area (Å²) < 4.78 is 5.72. The fourth-order valence-electron chi connectivity index (χ4n) is 3.42. The molecule has 5 nitrogen and oxygen atoms in total. The first kappa shape index (κ1) is 19.5. The van der Waals surface area contributed by atoms with Crippen molar-refractivity contribution in [3.63, 3.8) is 0 Å². The lowest BCUT2D eigenvalue weighted by atomic mass is 9.96. The van der Waals surface area contributed by atoms with Gasteiger partial charge in [-0.25, -0.2) is 4.98 Å². The number of rotatable bonds is 7. The molecular weight excluding hydrogens is 374 g/mol. The van der Waals surface area contributed by atoms with E-state index < -0.39 is 0 Å². The van der Waals surface area contributed by atoms with Gasteiger partial charge in [0.25, 0.3) is 0 Å². The molecule has 2 N–H and O–H groups in total. The molecule has 0 radical (unpaired) electrons. The summed E-state index contributed by atoms with van der Waals surface area (Å²) in [6.45, 7) is 6.14. The van der Waals surface area contributed by atoms with Crippen LogP contribution in [-0.2, 0) is 0 Å². The average Bonchev–Trinajstić information content (AvgIpc) is 2.77. The minimum atomic E-state index is -0.349. The lowest BCUT2D eigenvalue weighted by Gasteiger charge is -2.22. The average molecular weight is 397 g/mol. The van der Waals surface area contributed by atoms with Crippen molar-refractivity contribution in [3.8, 4) is 11.5 Å². The van der Waals surface area contributed by atoms with Crippen molar-refractivity contribution in [1.29, 1.82) is 0 Å². The summed E-state index contributed by atoms with van der Waals surface area (Å²) in [7, 11) is 0. The van der Waals surface area contributed by atoms with E-state index in [0.717, 1.165) is 28.1 Å². The molecule has 5 heteroatoms. The van der Waals surface area contributed by atoms with Crippen molar-refractivity contribution in [1.82, 2.24) is 9.97 Å². The monoisotopic (exact) mass is 397 g/mol. The Morgan fingerprint density at radius 1 is 1.07 bits per heavy atom. The number of pyridine rings is 2. The van der Waals surface area contributed by atoms with Crippen molar-refractivity contribution in [2.45, 2.75) is 13.0 Å². The Hall–Kier alpha value is -3.86. The summed E-state index contributed by atoms with van der Waals surface area (Å²) in [5.74, 6) is 1.60. The molecule has 150 valence electrons. The van der Waals surface area contributed by atoms with E-state index >= 15 is 0 Å². The standard InChI is InChI=1S/C25H23N3O2/c1-3-14-30-20-8-4-6-19(16-20)23(28-22-15-17(2)11-13-26-22)21-10-9-18-7-5-12-27-24(18)25(21)29/h3-13,15-16,23,29H,1,14H2,2H3,(H,26,28)/t23-/m1/s1. The number of benzene rings is 2. The molecule has 4 aromatic rings. The Morgan fingerprint density at radius 3 is 2.80 bits per heavy atom. The normalized spacial score (nSPS) is 11.8. The first-order chi connectivity index (χ1) is 14.7. The smallest absolute Gasteiger partial charge is 0.147 e. The minimum Gasteiger partial charge on any atom is -0.505 e. The van der Waals surface area contributed by atoms with Crippen molar-refractivity contribution >= 4 is 16.7 Å². The van der Waals surface area contributed by atoms with E-state index in [9.17, 15) is 5.11 Å². The number of aryl methyl sites for hydroxylation is 1. The van der Waals surface area contributed by atoms with Gasteiger partial charge in [0.15, 0.2) is 0 Å². The van der Waals surface area contributed by atoms with E-state index in [1.165, 1.54) is 0 Å². The molecule has 2 aromatic heterocycles.